The van der Waals surface area contributed by atoms with Crippen LogP contribution in [0.4, 0.5) is 23.1 Å². The Hall–Kier alpha value is -4.89. The smallest absolute Gasteiger partial charge is 0.231 e. The van der Waals surface area contributed by atoms with E-state index in [1.165, 1.54) is 0 Å². The molecule has 0 unspecified atom stereocenters. The molecule has 0 aliphatic carbocycles. The molecule has 0 atom stereocenters. The van der Waals surface area contributed by atoms with Crippen LogP contribution in [0.2, 0.25) is 0 Å². The number of hydrogen-bond acceptors (Lipinski definition) is 8. The van der Waals surface area contributed by atoms with Crippen molar-refractivity contribution >= 4 is 39.9 Å². The Bertz CT molecular complexity index is 1550. The third-order valence-electron chi connectivity index (χ3n) is 6.00. The Kier molecular flexibility index (Phi) is 7.36. The number of aromatic nitrogens is 4. The first-order valence-electron chi connectivity index (χ1n) is 11.9. The van der Waals surface area contributed by atoms with Crippen molar-refractivity contribution in [3.8, 4) is 17.9 Å². The molecule has 0 radical (unpaired) electrons. The molecule has 0 aliphatic heterocycles. The first-order chi connectivity index (χ1) is 17.9. The molecule has 4 rings (SSSR count). The summed E-state index contributed by atoms with van der Waals surface area (Å²) in [7, 11) is 1.62. The molecule has 2 aromatic heterocycles. The lowest BCUT2D eigenvalue weighted by atomic mass is 9.99. The minimum absolute atomic E-state index is 0.144. The summed E-state index contributed by atoms with van der Waals surface area (Å²) in [5.74, 6) is 1.54. The molecule has 0 fully saturated rings. The van der Waals surface area contributed by atoms with Gasteiger partial charge in [-0.1, -0.05) is 6.92 Å². The summed E-state index contributed by atoms with van der Waals surface area (Å²) in [6.07, 6.45) is 4.05. The zero-order valence-electron chi connectivity index (χ0n) is 21.5. The molecule has 0 saturated carbocycles. The van der Waals surface area contributed by atoms with E-state index in [4.69, 9.17) is 25.2 Å². The van der Waals surface area contributed by atoms with Gasteiger partial charge in [0.2, 0.25) is 5.95 Å². The Morgan fingerprint density at radius 1 is 1.14 bits per heavy atom. The quantitative estimate of drug-likeness (QED) is 0.271. The maximum absolute atomic E-state index is 9.16. The van der Waals surface area contributed by atoms with E-state index >= 15 is 0 Å². The lowest BCUT2D eigenvalue weighted by Crippen LogP contribution is -2.07. The van der Waals surface area contributed by atoms with Crippen LogP contribution in [0.15, 0.2) is 48.8 Å². The van der Waals surface area contributed by atoms with Crippen molar-refractivity contribution in [3.63, 3.8) is 0 Å². The van der Waals surface area contributed by atoms with Crippen LogP contribution < -0.4 is 15.4 Å². The van der Waals surface area contributed by atoms with Crippen LogP contribution in [0.1, 0.15) is 49.9 Å². The average Bonchev–Trinajstić information content (AvgIpc) is 3.33. The van der Waals surface area contributed by atoms with Crippen molar-refractivity contribution in [1.29, 1.82) is 10.5 Å². The molecule has 2 N–H and O–H groups in total. The van der Waals surface area contributed by atoms with Crippen molar-refractivity contribution in [2.75, 3.05) is 17.7 Å². The van der Waals surface area contributed by atoms with Crippen molar-refractivity contribution < 1.29 is 4.74 Å². The number of fused-ring (bicyclic) bond motifs is 1. The van der Waals surface area contributed by atoms with Gasteiger partial charge in [-0.2, -0.15) is 20.5 Å². The summed E-state index contributed by atoms with van der Waals surface area (Å²) in [5, 5.41) is 24.9. The standard InChI is InChI=1S/C28H28N8O/c1-6-20(11-12-29)21-13-18(4)24(23(14-21)37-5)33-26-25-27(36(16-31-25)17(2)3)35-28(34-26)32-22-9-7-19(15-30)8-10-22/h7-11,13-14,16-17H,6H2,1-5H3,(H2,32,33,34,35)/b20-11+. The number of anilines is 4. The molecule has 0 bridgehead atoms. The topological polar surface area (TPSA) is 124 Å². The predicted molar refractivity (Wildman–Crippen MR) is 145 cm³/mol. The van der Waals surface area contributed by atoms with E-state index in [2.05, 4.69) is 41.6 Å². The third-order valence-corrected chi connectivity index (χ3v) is 6.00. The lowest BCUT2D eigenvalue weighted by Gasteiger charge is -2.17. The van der Waals surface area contributed by atoms with Crippen LogP contribution in [-0.2, 0) is 0 Å². The molecule has 0 aliphatic rings. The van der Waals surface area contributed by atoms with Crippen LogP contribution in [0.5, 0.6) is 5.75 Å². The van der Waals surface area contributed by atoms with Gasteiger partial charge in [-0.25, -0.2) is 4.98 Å². The van der Waals surface area contributed by atoms with Gasteiger partial charge < -0.3 is 19.9 Å². The van der Waals surface area contributed by atoms with E-state index in [1.54, 1.807) is 31.6 Å². The van der Waals surface area contributed by atoms with Crippen LogP contribution in [-0.4, -0.2) is 26.6 Å². The highest BCUT2D eigenvalue weighted by Crippen LogP contribution is 2.36. The van der Waals surface area contributed by atoms with E-state index in [0.29, 0.717) is 34.2 Å². The average molecular weight is 493 g/mol. The SMILES string of the molecule is CC/C(=C\C#N)c1cc(C)c(Nc2nc(Nc3ccc(C#N)cc3)nc3c2ncn3C(C)C)c(OC)c1. The number of nitriles is 2. The van der Waals surface area contributed by atoms with Crippen LogP contribution in [0.3, 0.4) is 0 Å². The predicted octanol–water partition coefficient (Wildman–Crippen LogP) is 6.40. The highest BCUT2D eigenvalue weighted by atomic mass is 16.5. The van der Waals surface area contributed by atoms with Gasteiger partial charge in [0.05, 0.1) is 36.8 Å². The molecule has 186 valence electrons. The fourth-order valence-electron chi connectivity index (χ4n) is 4.04. The summed E-state index contributed by atoms with van der Waals surface area (Å²) >= 11 is 0. The van der Waals surface area contributed by atoms with Gasteiger partial charge in [-0.15, -0.1) is 0 Å². The van der Waals surface area contributed by atoms with Gasteiger partial charge in [0.15, 0.2) is 17.0 Å². The Morgan fingerprint density at radius 3 is 2.51 bits per heavy atom. The van der Waals surface area contributed by atoms with Crippen molar-refractivity contribution in [2.45, 2.75) is 40.2 Å². The number of allylic oxidation sites excluding steroid dienone is 2. The van der Waals surface area contributed by atoms with E-state index in [9.17, 15) is 0 Å². The first-order valence-corrected chi connectivity index (χ1v) is 11.9. The Morgan fingerprint density at radius 2 is 1.89 bits per heavy atom. The molecule has 4 aromatic rings. The maximum atomic E-state index is 9.16. The van der Waals surface area contributed by atoms with Crippen LogP contribution in [0, 0.1) is 29.6 Å². The molecule has 0 amide bonds. The lowest BCUT2D eigenvalue weighted by molar-refractivity contribution is 0.416. The number of nitrogens with zero attached hydrogens (tertiary/aromatic N) is 6. The van der Waals surface area contributed by atoms with E-state index in [-0.39, 0.29) is 6.04 Å². The molecular weight excluding hydrogens is 464 g/mol. The molecule has 9 heteroatoms. The fourth-order valence-corrected chi connectivity index (χ4v) is 4.04. The first kappa shape index (κ1) is 25.2. The summed E-state index contributed by atoms with van der Waals surface area (Å²) in [6.45, 7) is 8.13. The molecule has 2 aromatic carbocycles. The number of rotatable bonds is 8. The van der Waals surface area contributed by atoms with Crippen molar-refractivity contribution in [3.05, 3.63) is 65.5 Å². The number of aryl methyl sites for hydroxylation is 1. The second-order valence-electron chi connectivity index (χ2n) is 8.78. The number of nitrogens with one attached hydrogen (secondary N) is 2. The zero-order valence-corrected chi connectivity index (χ0v) is 21.5. The zero-order chi connectivity index (χ0) is 26.5. The molecular formula is C28H28N8O. The highest BCUT2D eigenvalue weighted by Gasteiger charge is 2.18. The van der Waals surface area contributed by atoms with Gasteiger partial charge in [0.25, 0.3) is 0 Å². The molecule has 37 heavy (non-hydrogen) atoms. The number of hydrogen-bond donors (Lipinski definition) is 2. The summed E-state index contributed by atoms with van der Waals surface area (Å²) < 4.78 is 7.72. The van der Waals surface area contributed by atoms with Crippen LogP contribution in [0.25, 0.3) is 16.7 Å². The fraction of sp³-hybridized carbons (Fsp3) is 0.250. The van der Waals surface area contributed by atoms with Crippen molar-refractivity contribution in [2.24, 2.45) is 0 Å². The summed E-state index contributed by atoms with van der Waals surface area (Å²) in [4.78, 5) is 14.1. The largest absolute Gasteiger partial charge is 0.495 e. The van der Waals surface area contributed by atoms with Gasteiger partial charge in [0, 0.05) is 17.8 Å². The van der Waals surface area contributed by atoms with Gasteiger partial charge >= 0.3 is 0 Å². The van der Waals surface area contributed by atoms with E-state index < -0.39 is 0 Å². The van der Waals surface area contributed by atoms with E-state index in [1.807, 2.05) is 42.7 Å². The molecule has 9 nitrogen and oxygen atoms in total. The summed E-state index contributed by atoms with van der Waals surface area (Å²) in [6, 6.07) is 15.4. The normalized spacial score (nSPS) is 11.3. The van der Waals surface area contributed by atoms with Gasteiger partial charge in [-0.3, -0.25) is 0 Å². The van der Waals surface area contributed by atoms with E-state index in [0.717, 1.165) is 34.5 Å². The van der Waals surface area contributed by atoms with Crippen LogP contribution >= 0.6 is 0 Å². The minimum atomic E-state index is 0.144. The number of benzene rings is 2. The minimum Gasteiger partial charge on any atom is -0.495 e. The monoisotopic (exact) mass is 492 g/mol. The van der Waals surface area contributed by atoms with Crippen molar-refractivity contribution in [1.82, 2.24) is 19.5 Å². The molecule has 0 spiro atoms. The number of methoxy groups -OCH3 is 1. The Balaban J connectivity index is 1.81. The van der Waals surface area contributed by atoms with Gasteiger partial charge in [-0.05, 0) is 80.3 Å². The second kappa shape index (κ2) is 10.8. The van der Waals surface area contributed by atoms with Gasteiger partial charge in [0.1, 0.15) is 5.75 Å². The molecule has 0 saturated heterocycles. The maximum Gasteiger partial charge on any atom is 0.231 e. The number of imidazole rings is 1. The Labute approximate surface area is 216 Å². The summed E-state index contributed by atoms with van der Waals surface area (Å²) in [5.41, 5.74) is 6.20. The second-order valence-corrected chi connectivity index (χ2v) is 8.78. The number of ether oxygens (including phenoxy) is 1. The molecule has 2 heterocycles. The third kappa shape index (κ3) is 5.21. The highest BCUT2D eigenvalue weighted by molar-refractivity contribution is 5.89.